The number of carbonyl (C=O) groups excluding carboxylic acids is 2. The highest BCUT2D eigenvalue weighted by Gasteiger charge is 2.56. The maximum Gasteiger partial charge on any atom is 0.240 e. The first kappa shape index (κ1) is 17.0. The summed E-state index contributed by atoms with van der Waals surface area (Å²) in [6.07, 6.45) is 1.11. The number of amides is 2. The fraction of sp³-hybridized carbons (Fsp3) is 0.300. The van der Waals surface area contributed by atoms with E-state index in [1.54, 1.807) is 31.4 Å². The topological polar surface area (TPSA) is 67.4 Å². The molecule has 130 valence electrons. The van der Waals surface area contributed by atoms with Gasteiger partial charge < -0.3 is 15.4 Å². The summed E-state index contributed by atoms with van der Waals surface area (Å²) in [5.74, 6) is 0.132. The summed E-state index contributed by atoms with van der Waals surface area (Å²) in [4.78, 5) is 25.4. The maximum atomic E-state index is 12.7. The van der Waals surface area contributed by atoms with Gasteiger partial charge >= 0.3 is 0 Å². The molecule has 1 saturated carbocycles. The van der Waals surface area contributed by atoms with E-state index in [0.717, 1.165) is 16.8 Å². The number of nitrogens with one attached hydrogen (secondary N) is 2. The molecule has 0 heterocycles. The first-order valence-electron chi connectivity index (χ1n) is 8.29. The molecule has 5 heteroatoms. The molecule has 2 aromatic carbocycles. The third-order valence-corrected chi connectivity index (χ3v) is 4.80. The summed E-state index contributed by atoms with van der Waals surface area (Å²) < 4.78 is 5.16. The molecule has 0 bridgehead atoms. The molecule has 0 radical (unpaired) electrons. The van der Waals surface area contributed by atoms with E-state index in [0.29, 0.717) is 24.3 Å². The number of aryl methyl sites for hydroxylation is 1. The Labute approximate surface area is 147 Å². The predicted molar refractivity (Wildman–Crippen MR) is 97.8 cm³/mol. The van der Waals surface area contributed by atoms with E-state index in [9.17, 15) is 9.59 Å². The Morgan fingerprint density at radius 2 is 1.68 bits per heavy atom. The highest BCUT2D eigenvalue weighted by Crippen LogP contribution is 2.47. The van der Waals surface area contributed by atoms with Gasteiger partial charge in [-0.05, 0) is 56.0 Å². The fourth-order valence-corrected chi connectivity index (χ4v) is 2.76. The van der Waals surface area contributed by atoms with Crippen LogP contribution < -0.4 is 15.4 Å². The Kier molecular flexibility index (Phi) is 4.49. The lowest BCUT2D eigenvalue weighted by Crippen LogP contribution is -2.35. The molecule has 1 fully saturated rings. The van der Waals surface area contributed by atoms with Crippen molar-refractivity contribution in [3.63, 3.8) is 0 Å². The van der Waals surface area contributed by atoms with Crippen molar-refractivity contribution >= 4 is 23.2 Å². The zero-order valence-corrected chi connectivity index (χ0v) is 14.7. The molecule has 0 aliphatic heterocycles. The Morgan fingerprint density at radius 1 is 1.00 bits per heavy atom. The molecule has 3 rings (SSSR count). The maximum absolute atomic E-state index is 12.7. The summed E-state index contributed by atoms with van der Waals surface area (Å²) in [6, 6.07) is 12.9. The van der Waals surface area contributed by atoms with E-state index < -0.39 is 5.41 Å². The van der Waals surface area contributed by atoms with Gasteiger partial charge in [0, 0.05) is 17.4 Å². The highest BCUT2D eigenvalue weighted by molar-refractivity contribution is 6.17. The number of anilines is 2. The Balaban J connectivity index is 1.73. The van der Waals surface area contributed by atoms with Crippen molar-refractivity contribution in [1.82, 2.24) is 0 Å². The van der Waals surface area contributed by atoms with Crippen molar-refractivity contribution in [2.45, 2.75) is 26.7 Å². The molecule has 25 heavy (non-hydrogen) atoms. The molecular weight excluding hydrogens is 316 g/mol. The van der Waals surface area contributed by atoms with Crippen LogP contribution in [0.4, 0.5) is 11.4 Å². The van der Waals surface area contributed by atoms with Crippen LogP contribution in [0.3, 0.4) is 0 Å². The molecule has 2 amide bonds. The van der Waals surface area contributed by atoms with Crippen molar-refractivity contribution in [1.29, 1.82) is 0 Å². The SMILES string of the molecule is COc1cccc(NC(=O)C2(C(=O)Nc3cccc(C)c3C)CC2)c1. The lowest BCUT2D eigenvalue weighted by atomic mass is 10.0. The minimum Gasteiger partial charge on any atom is -0.497 e. The average Bonchev–Trinajstić information content (AvgIpc) is 3.41. The zero-order chi connectivity index (χ0) is 18.0. The van der Waals surface area contributed by atoms with Gasteiger partial charge in [0.2, 0.25) is 11.8 Å². The Morgan fingerprint density at radius 3 is 2.36 bits per heavy atom. The highest BCUT2D eigenvalue weighted by atomic mass is 16.5. The van der Waals surface area contributed by atoms with Crippen LogP contribution in [0.25, 0.3) is 0 Å². The summed E-state index contributed by atoms with van der Waals surface area (Å²) in [5.41, 5.74) is 2.50. The standard InChI is InChI=1S/C20H22N2O3/c1-13-6-4-9-17(14(13)2)22-19(24)20(10-11-20)18(23)21-15-7-5-8-16(12-15)25-3/h4-9,12H,10-11H2,1-3H3,(H,21,23)(H,22,24). The van der Waals surface area contributed by atoms with Crippen LogP contribution in [0.5, 0.6) is 5.75 Å². The molecule has 0 atom stereocenters. The van der Waals surface area contributed by atoms with Crippen molar-refractivity contribution in [3.05, 3.63) is 53.6 Å². The number of benzene rings is 2. The third-order valence-electron chi connectivity index (χ3n) is 4.80. The lowest BCUT2D eigenvalue weighted by molar-refractivity contribution is -0.131. The average molecular weight is 338 g/mol. The van der Waals surface area contributed by atoms with Crippen molar-refractivity contribution in [2.75, 3.05) is 17.7 Å². The van der Waals surface area contributed by atoms with Crippen LogP contribution in [0.2, 0.25) is 0 Å². The van der Waals surface area contributed by atoms with E-state index in [4.69, 9.17) is 4.74 Å². The Hall–Kier alpha value is -2.82. The van der Waals surface area contributed by atoms with Gasteiger partial charge in [-0.2, -0.15) is 0 Å². The molecule has 5 nitrogen and oxygen atoms in total. The van der Waals surface area contributed by atoms with Gasteiger partial charge in [0.25, 0.3) is 0 Å². The summed E-state index contributed by atoms with van der Waals surface area (Å²) >= 11 is 0. The molecule has 0 spiro atoms. The predicted octanol–water partition coefficient (Wildman–Crippen LogP) is 3.67. The van der Waals surface area contributed by atoms with Gasteiger partial charge in [0.1, 0.15) is 11.2 Å². The molecule has 0 aromatic heterocycles. The third kappa shape index (κ3) is 3.36. The van der Waals surface area contributed by atoms with E-state index in [1.165, 1.54) is 0 Å². The van der Waals surface area contributed by atoms with Crippen LogP contribution in [0.1, 0.15) is 24.0 Å². The second-order valence-corrected chi connectivity index (χ2v) is 6.47. The monoisotopic (exact) mass is 338 g/mol. The van der Waals surface area contributed by atoms with Crippen molar-refractivity contribution < 1.29 is 14.3 Å². The van der Waals surface area contributed by atoms with Crippen LogP contribution >= 0.6 is 0 Å². The summed E-state index contributed by atoms with van der Waals surface area (Å²) in [6.45, 7) is 3.95. The van der Waals surface area contributed by atoms with Gasteiger partial charge in [-0.15, -0.1) is 0 Å². The molecule has 2 N–H and O–H groups in total. The Bertz CT molecular complexity index is 825. The van der Waals surface area contributed by atoms with Crippen molar-refractivity contribution in [2.24, 2.45) is 5.41 Å². The number of methoxy groups -OCH3 is 1. The molecule has 2 aromatic rings. The van der Waals surface area contributed by atoms with Crippen LogP contribution in [0, 0.1) is 19.3 Å². The smallest absolute Gasteiger partial charge is 0.240 e. The second kappa shape index (κ2) is 6.59. The molecule has 1 aliphatic carbocycles. The van der Waals surface area contributed by atoms with Crippen LogP contribution in [-0.2, 0) is 9.59 Å². The van der Waals surface area contributed by atoms with Crippen LogP contribution in [-0.4, -0.2) is 18.9 Å². The van der Waals surface area contributed by atoms with Gasteiger partial charge in [-0.1, -0.05) is 18.2 Å². The number of rotatable bonds is 5. The van der Waals surface area contributed by atoms with Crippen LogP contribution in [0.15, 0.2) is 42.5 Å². The number of carbonyl (C=O) groups is 2. The van der Waals surface area contributed by atoms with E-state index in [2.05, 4.69) is 10.6 Å². The molecule has 1 aliphatic rings. The van der Waals surface area contributed by atoms with Gasteiger partial charge in [-0.25, -0.2) is 0 Å². The minimum absolute atomic E-state index is 0.249. The largest absolute Gasteiger partial charge is 0.497 e. The molecule has 0 unspecified atom stereocenters. The fourth-order valence-electron chi connectivity index (χ4n) is 2.76. The quantitative estimate of drug-likeness (QED) is 0.818. The van der Waals surface area contributed by atoms with Crippen molar-refractivity contribution in [3.8, 4) is 5.75 Å². The number of ether oxygens (including phenoxy) is 1. The van der Waals surface area contributed by atoms with Gasteiger partial charge in [0.15, 0.2) is 0 Å². The van der Waals surface area contributed by atoms with Gasteiger partial charge in [-0.3, -0.25) is 9.59 Å². The van der Waals surface area contributed by atoms with Gasteiger partial charge in [0.05, 0.1) is 7.11 Å². The lowest BCUT2D eigenvalue weighted by Gasteiger charge is -2.17. The summed E-state index contributed by atoms with van der Waals surface area (Å²) in [7, 11) is 1.57. The minimum atomic E-state index is -0.987. The first-order chi connectivity index (χ1) is 12.0. The number of hydrogen-bond donors (Lipinski definition) is 2. The van der Waals surface area contributed by atoms with E-state index in [-0.39, 0.29) is 11.8 Å². The summed E-state index contributed by atoms with van der Waals surface area (Å²) in [5, 5.41) is 5.75. The zero-order valence-electron chi connectivity index (χ0n) is 14.7. The number of hydrogen-bond acceptors (Lipinski definition) is 3. The second-order valence-electron chi connectivity index (χ2n) is 6.47. The van der Waals surface area contributed by atoms with E-state index in [1.807, 2.05) is 32.0 Å². The molecule has 0 saturated heterocycles. The first-order valence-corrected chi connectivity index (χ1v) is 8.29. The normalized spacial score (nSPS) is 14.5. The van der Waals surface area contributed by atoms with E-state index >= 15 is 0 Å². The molecular formula is C20H22N2O3.